The monoisotopic (exact) mass is 415 g/mol. The van der Waals surface area contributed by atoms with Gasteiger partial charge in [-0.1, -0.05) is 11.3 Å². The number of thiazole rings is 1. The van der Waals surface area contributed by atoms with Gasteiger partial charge in [0, 0.05) is 5.56 Å². The first kappa shape index (κ1) is 18.5. The van der Waals surface area contributed by atoms with Crippen molar-refractivity contribution in [1.29, 1.82) is 0 Å². The Morgan fingerprint density at radius 2 is 2.04 bits per heavy atom. The molecule has 0 saturated carbocycles. The van der Waals surface area contributed by atoms with Gasteiger partial charge in [-0.25, -0.2) is 4.98 Å². The van der Waals surface area contributed by atoms with Gasteiger partial charge in [0.15, 0.2) is 21.7 Å². The number of amides is 1. The number of aromatic nitrogens is 1. The molecule has 1 aromatic heterocycles. The van der Waals surface area contributed by atoms with Crippen LogP contribution in [0.5, 0.6) is 17.2 Å². The molecule has 7 nitrogen and oxygen atoms in total. The van der Waals surface area contributed by atoms with E-state index in [9.17, 15) is 4.79 Å². The van der Waals surface area contributed by atoms with E-state index in [1.165, 1.54) is 11.3 Å². The number of carbonyl (C=O) groups excluding carboxylic acids is 1. The van der Waals surface area contributed by atoms with Crippen LogP contribution in [0.2, 0.25) is 0 Å². The predicted octanol–water partition coefficient (Wildman–Crippen LogP) is 3.59. The van der Waals surface area contributed by atoms with Crippen LogP contribution in [-0.4, -0.2) is 35.8 Å². The number of ether oxygens (including phenoxy) is 3. The predicted molar refractivity (Wildman–Crippen MR) is 112 cm³/mol. The fourth-order valence-electron chi connectivity index (χ4n) is 2.70. The molecule has 28 heavy (non-hydrogen) atoms. The number of anilines is 1. The van der Waals surface area contributed by atoms with Crippen LogP contribution < -0.4 is 24.8 Å². The summed E-state index contributed by atoms with van der Waals surface area (Å²) in [7, 11) is 0. The van der Waals surface area contributed by atoms with Gasteiger partial charge in [-0.15, -0.1) is 0 Å². The second-order valence-corrected chi connectivity index (χ2v) is 7.29. The summed E-state index contributed by atoms with van der Waals surface area (Å²) >= 11 is 6.68. The summed E-state index contributed by atoms with van der Waals surface area (Å²) in [5, 5.41) is 6.37. The third kappa shape index (κ3) is 4.00. The minimum absolute atomic E-state index is 0.170. The van der Waals surface area contributed by atoms with Crippen molar-refractivity contribution in [2.24, 2.45) is 0 Å². The summed E-state index contributed by atoms with van der Waals surface area (Å²) in [6.07, 6.45) is 0. The first-order valence-electron chi connectivity index (χ1n) is 8.68. The first-order chi connectivity index (χ1) is 13.6. The topological polar surface area (TPSA) is 81.7 Å². The van der Waals surface area contributed by atoms with Gasteiger partial charge < -0.3 is 19.5 Å². The van der Waals surface area contributed by atoms with Gasteiger partial charge in [0.05, 0.1) is 16.8 Å². The lowest BCUT2D eigenvalue weighted by Crippen LogP contribution is -2.34. The number of hydrogen-bond acceptors (Lipinski definition) is 7. The lowest BCUT2D eigenvalue weighted by molar-refractivity contribution is 0.0976. The molecule has 2 heterocycles. The maximum absolute atomic E-state index is 12.5. The summed E-state index contributed by atoms with van der Waals surface area (Å²) in [5.74, 6) is 1.63. The summed E-state index contributed by atoms with van der Waals surface area (Å²) in [6.45, 7) is 3.50. The fraction of sp³-hybridized carbons (Fsp3) is 0.211. The molecule has 0 aliphatic carbocycles. The molecule has 4 rings (SSSR count). The molecule has 2 aromatic carbocycles. The lowest BCUT2D eigenvalue weighted by atomic mass is 10.2. The summed E-state index contributed by atoms with van der Waals surface area (Å²) in [4.78, 5) is 16.9. The number of rotatable bonds is 4. The Morgan fingerprint density at radius 3 is 2.86 bits per heavy atom. The largest absolute Gasteiger partial charge is 0.494 e. The molecule has 1 amide bonds. The van der Waals surface area contributed by atoms with E-state index in [-0.39, 0.29) is 11.0 Å². The van der Waals surface area contributed by atoms with E-state index < -0.39 is 0 Å². The highest BCUT2D eigenvalue weighted by Crippen LogP contribution is 2.31. The maximum Gasteiger partial charge on any atom is 0.257 e. The average molecular weight is 415 g/mol. The minimum atomic E-state index is -0.339. The molecular formula is C19H17N3O4S2. The lowest BCUT2D eigenvalue weighted by Gasteiger charge is -2.18. The SMILES string of the molecule is CCOc1ccc2nc(NC(=S)NC(=O)c3ccc4c(c3)OCCO4)sc2c1. The average Bonchev–Trinajstić information content (AvgIpc) is 3.09. The zero-order valence-electron chi connectivity index (χ0n) is 15.0. The number of thiocarbonyl (C=S) groups is 1. The molecule has 0 radical (unpaired) electrons. The molecule has 0 unspecified atom stereocenters. The van der Waals surface area contributed by atoms with Crippen molar-refractivity contribution in [3.8, 4) is 17.2 Å². The molecule has 0 fully saturated rings. The second kappa shape index (κ2) is 7.99. The Hall–Kier alpha value is -2.91. The standard InChI is InChI=1S/C19H17N3O4S2/c1-2-24-12-4-5-13-16(10-12)28-19(20-13)22-18(27)21-17(23)11-3-6-14-15(9-11)26-8-7-25-14/h3-6,9-10H,2,7-8H2,1H3,(H2,20,21,22,23,27). The molecular weight excluding hydrogens is 398 g/mol. The number of benzene rings is 2. The zero-order valence-corrected chi connectivity index (χ0v) is 16.6. The Bertz CT molecular complexity index is 1050. The van der Waals surface area contributed by atoms with Crippen LogP contribution in [-0.2, 0) is 0 Å². The number of carbonyl (C=O) groups is 1. The summed E-state index contributed by atoms with van der Waals surface area (Å²) < 4.78 is 17.4. The summed E-state index contributed by atoms with van der Waals surface area (Å²) in [5.41, 5.74) is 1.26. The molecule has 0 saturated heterocycles. The first-order valence-corrected chi connectivity index (χ1v) is 9.90. The van der Waals surface area contributed by atoms with E-state index in [4.69, 9.17) is 26.4 Å². The third-order valence-electron chi connectivity index (χ3n) is 3.92. The molecule has 0 bridgehead atoms. The molecule has 9 heteroatoms. The van der Waals surface area contributed by atoms with Gasteiger partial charge in [-0.05, 0) is 55.5 Å². The van der Waals surface area contributed by atoms with Crippen LogP contribution in [0.25, 0.3) is 10.2 Å². The van der Waals surface area contributed by atoms with Crippen LogP contribution in [0.4, 0.5) is 5.13 Å². The Morgan fingerprint density at radius 1 is 1.21 bits per heavy atom. The number of nitrogens with one attached hydrogen (secondary N) is 2. The van der Waals surface area contributed by atoms with Gasteiger partial charge in [-0.2, -0.15) is 0 Å². The van der Waals surface area contributed by atoms with Gasteiger partial charge >= 0.3 is 0 Å². The number of fused-ring (bicyclic) bond motifs is 2. The van der Waals surface area contributed by atoms with Crippen LogP contribution in [0.1, 0.15) is 17.3 Å². The molecule has 0 atom stereocenters. The van der Waals surface area contributed by atoms with E-state index >= 15 is 0 Å². The van der Waals surface area contributed by atoms with Crippen LogP contribution in [0.3, 0.4) is 0 Å². The van der Waals surface area contributed by atoms with E-state index in [2.05, 4.69) is 15.6 Å². The third-order valence-corrected chi connectivity index (χ3v) is 5.06. The smallest absolute Gasteiger partial charge is 0.257 e. The highest BCUT2D eigenvalue weighted by atomic mass is 32.1. The Labute approximate surface area is 170 Å². The van der Waals surface area contributed by atoms with Crippen molar-refractivity contribution in [3.63, 3.8) is 0 Å². The van der Waals surface area contributed by atoms with Crippen molar-refractivity contribution < 1.29 is 19.0 Å². The highest BCUT2D eigenvalue weighted by molar-refractivity contribution is 7.80. The molecule has 2 N–H and O–H groups in total. The van der Waals surface area contributed by atoms with Crippen molar-refractivity contribution >= 4 is 49.9 Å². The Balaban J connectivity index is 1.42. The van der Waals surface area contributed by atoms with Crippen LogP contribution in [0.15, 0.2) is 36.4 Å². The van der Waals surface area contributed by atoms with Gasteiger partial charge in [0.25, 0.3) is 5.91 Å². The number of nitrogens with zero attached hydrogens (tertiary/aromatic N) is 1. The molecule has 1 aliphatic heterocycles. The van der Waals surface area contributed by atoms with E-state index in [0.29, 0.717) is 42.0 Å². The van der Waals surface area contributed by atoms with E-state index in [0.717, 1.165) is 16.0 Å². The fourth-order valence-corrected chi connectivity index (χ4v) is 3.86. The van der Waals surface area contributed by atoms with Crippen LogP contribution in [0, 0.1) is 0 Å². The molecule has 3 aromatic rings. The molecule has 0 spiro atoms. The molecule has 1 aliphatic rings. The van der Waals surface area contributed by atoms with Crippen molar-refractivity contribution in [3.05, 3.63) is 42.0 Å². The number of hydrogen-bond donors (Lipinski definition) is 2. The summed E-state index contributed by atoms with van der Waals surface area (Å²) in [6, 6.07) is 10.7. The highest BCUT2D eigenvalue weighted by Gasteiger charge is 2.16. The van der Waals surface area contributed by atoms with Gasteiger partial charge in [0.1, 0.15) is 19.0 Å². The maximum atomic E-state index is 12.5. The van der Waals surface area contributed by atoms with Gasteiger partial charge in [-0.3, -0.25) is 10.1 Å². The zero-order chi connectivity index (χ0) is 19.5. The normalized spacial score (nSPS) is 12.5. The van der Waals surface area contributed by atoms with E-state index in [1.807, 2.05) is 25.1 Å². The van der Waals surface area contributed by atoms with Crippen LogP contribution >= 0.6 is 23.6 Å². The quantitative estimate of drug-likeness (QED) is 0.630. The van der Waals surface area contributed by atoms with Crippen molar-refractivity contribution in [2.75, 3.05) is 25.1 Å². The second-order valence-electron chi connectivity index (χ2n) is 5.85. The molecule has 144 valence electrons. The Kier molecular flexibility index (Phi) is 5.27. The van der Waals surface area contributed by atoms with Crippen molar-refractivity contribution in [1.82, 2.24) is 10.3 Å². The van der Waals surface area contributed by atoms with Crippen molar-refractivity contribution in [2.45, 2.75) is 6.92 Å². The van der Waals surface area contributed by atoms with E-state index in [1.54, 1.807) is 18.2 Å². The minimum Gasteiger partial charge on any atom is -0.494 e. The van der Waals surface area contributed by atoms with Gasteiger partial charge in [0.2, 0.25) is 0 Å².